The third kappa shape index (κ3) is 3.75. The largest absolute Gasteiger partial charge is 0.496 e. The van der Waals surface area contributed by atoms with Crippen molar-refractivity contribution in [2.75, 3.05) is 7.11 Å². The van der Waals surface area contributed by atoms with Crippen LogP contribution < -0.4 is 15.2 Å². The Morgan fingerprint density at radius 3 is 2.67 bits per heavy atom. The van der Waals surface area contributed by atoms with Crippen LogP contribution >= 0.6 is 0 Å². The van der Waals surface area contributed by atoms with E-state index in [2.05, 4.69) is 11.6 Å². The minimum Gasteiger partial charge on any atom is -0.496 e. The molecule has 0 aromatic heterocycles. The van der Waals surface area contributed by atoms with Crippen LogP contribution in [0.1, 0.15) is 38.2 Å². The molecule has 5 nitrogen and oxygen atoms in total. The van der Waals surface area contributed by atoms with Crippen LogP contribution in [0.3, 0.4) is 0 Å². The second kappa shape index (κ2) is 6.77. The van der Waals surface area contributed by atoms with Gasteiger partial charge in [0, 0.05) is 18.2 Å². The van der Waals surface area contributed by atoms with E-state index in [1.807, 2.05) is 0 Å². The van der Waals surface area contributed by atoms with Crippen LogP contribution in [0.2, 0.25) is 0 Å². The van der Waals surface area contributed by atoms with Crippen LogP contribution in [-0.4, -0.2) is 21.6 Å². The monoisotopic (exact) mass is 312 g/mol. The Morgan fingerprint density at radius 2 is 2.05 bits per heavy atom. The van der Waals surface area contributed by atoms with Crippen molar-refractivity contribution in [3.63, 3.8) is 0 Å². The van der Waals surface area contributed by atoms with Crippen molar-refractivity contribution in [2.24, 2.45) is 11.7 Å². The van der Waals surface area contributed by atoms with Gasteiger partial charge in [-0.3, -0.25) is 0 Å². The SMILES string of the molecule is COc1ccc(S(=O)(=O)NC2CCCCC2C)cc1CN. The second-order valence-electron chi connectivity index (χ2n) is 5.67. The first-order valence-electron chi connectivity index (χ1n) is 7.37. The molecular weight excluding hydrogens is 288 g/mol. The summed E-state index contributed by atoms with van der Waals surface area (Å²) >= 11 is 0. The number of nitrogens with two attached hydrogens (primary N) is 1. The summed E-state index contributed by atoms with van der Waals surface area (Å²) in [6.07, 6.45) is 4.23. The van der Waals surface area contributed by atoms with Crippen molar-refractivity contribution in [2.45, 2.75) is 50.1 Å². The Labute approximate surface area is 126 Å². The quantitative estimate of drug-likeness (QED) is 0.871. The summed E-state index contributed by atoms with van der Waals surface area (Å²) in [6.45, 7) is 2.35. The molecule has 2 rings (SSSR count). The third-order valence-corrected chi connectivity index (χ3v) is 5.69. The molecule has 1 aliphatic carbocycles. The Kier molecular flexibility index (Phi) is 5.24. The molecular formula is C15H24N2O3S. The van der Waals surface area contributed by atoms with Crippen molar-refractivity contribution in [1.29, 1.82) is 0 Å². The maximum atomic E-state index is 12.5. The van der Waals surface area contributed by atoms with Crippen molar-refractivity contribution in [1.82, 2.24) is 4.72 Å². The summed E-state index contributed by atoms with van der Waals surface area (Å²) in [6, 6.07) is 4.83. The van der Waals surface area contributed by atoms with Gasteiger partial charge in [0.1, 0.15) is 5.75 Å². The molecule has 1 aromatic rings. The fourth-order valence-electron chi connectivity index (χ4n) is 2.84. The lowest BCUT2D eigenvalue weighted by atomic mass is 9.87. The number of nitrogens with one attached hydrogen (secondary N) is 1. The van der Waals surface area contributed by atoms with Crippen LogP contribution in [0.25, 0.3) is 0 Å². The lowest BCUT2D eigenvalue weighted by molar-refractivity contribution is 0.310. The van der Waals surface area contributed by atoms with E-state index in [1.54, 1.807) is 25.3 Å². The zero-order valence-corrected chi connectivity index (χ0v) is 13.4. The van der Waals surface area contributed by atoms with E-state index in [9.17, 15) is 8.42 Å². The molecule has 21 heavy (non-hydrogen) atoms. The van der Waals surface area contributed by atoms with Gasteiger partial charge in [-0.05, 0) is 37.0 Å². The summed E-state index contributed by atoms with van der Waals surface area (Å²) in [7, 11) is -1.97. The first-order valence-corrected chi connectivity index (χ1v) is 8.85. The molecule has 0 heterocycles. The zero-order chi connectivity index (χ0) is 15.5. The van der Waals surface area contributed by atoms with Crippen LogP contribution in [0, 0.1) is 5.92 Å². The number of hydrogen-bond acceptors (Lipinski definition) is 4. The molecule has 1 fully saturated rings. The predicted molar refractivity (Wildman–Crippen MR) is 82.6 cm³/mol. The average molecular weight is 312 g/mol. The molecule has 6 heteroatoms. The van der Waals surface area contributed by atoms with Crippen LogP contribution in [-0.2, 0) is 16.6 Å². The van der Waals surface area contributed by atoms with E-state index in [4.69, 9.17) is 10.5 Å². The smallest absolute Gasteiger partial charge is 0.240 e. The molecule has 1 aromatic carbocycles. The maximum Gasteiger partial charge on any atom is 0.240 e. The molecule has 0 spiro atoms. The number of sulfonamides is 1. The van der Waals surface area contributed by atoms with Gasteiger partial charge in [0.15, 0.2) is 0 Å². The number of rotatable bonds is 5. The lowest BCUT2D eigenvalue weighted by Gasteiger charge is -2.29. The number of hydrogen-bond donors (Lipinski definition) is 2. The van der Waals surface area contributed by atoms with Crippen molar-refractivity contribution in [3.8, 4) is 5.75 Å². The van der Waals surface area contributed by atoms with E-state index in [0.717, 1.165) is 19.3 Å². The van der Waals surface area contributed by atoms with Gasteiger partial charge in [-0.25, -0.2) is 13.1 Å². The van der Waals surface area contributed by atoms with Crippen LogP contribution in [0.15, 0.2) is 23.1 Å². The van der Waals surface area contributed by atoms with Gasteiger partial charge in [0.25, 0.3) is 0 Å². The lowest BCUT2D eigenvalue weighted by Crippen LogP contribution is -2.41. The highest BCUT2D eigenvalue weighted by Crippen LogP contribution is 2.26. The van der Waals surface area contributed by atoms with Crippen molar-refractivity contribution < 1.29 is 13.2 Å². The van der Waals surface area contributed by atoms with Crippen LogP contribution in [0.5, 0.6) is 5.75 Å². The molecule has 118 valence electrons. The highest BCUT2D eigenvalue weighted by molar-refractivity contribution is 7.89. The minimum atomic E-state index is -3.51. The van der Waals surface area contributed by atoms with Gasteiger partial charge in [-0.15, -0.1) is 0 Å². The second-order valence-corrected chi connectivity index (χ2v) is 7.38. The van der Waals surface area contributed by atoms with Crippen molar-refractivity contribution in [3.05, 3.63) is 23.8 Å². The predicted octanol–water partition coefficient (Wildman–Crippen LogP) is 2.01. The summed E-state index contributed by atoms with van der Waals surface area (Å²) in [5.74, 6) is 0.989. The minimum absolute atomic E-state index is 0.0205. The highest BCUT2D eigenvalue weighted by atomic mass is 32.2. The first kappa shape index (κ1) is 16.3. The van der Waals surface area contributed by atoms with Gasteiger partial charge in [-0.1, -0.05) is 19.8 Å². The molecule has 0 bridgehead atoms. The van der Waals surface area contributed by atoms with Crippen molar-refractivity contribution >= 4 is 10.0 Å². The topological polar surface area (TPSA) is 81.4 Å². The Balaban J connectivity index is 2.22. The molecule has 0 radical (unpaired) electrons. The molecule has 0 amide bonds. The molecule has 2 atom stereocenters. The number of methoxy groups -OCH3 is 1. The van der Waals surface area contributed by atoms with Gasteiger partial charge in [0.2, 0.25) is 10.0 Å². The first-order chi connectivity index (χ1) is 9.97. The van der Waals surface area contributed by atoms with Gasteiger partial charge < -0.3 is 10.5 Å². The maximum absolute atomic E-state index is 12.5. The van der Waals surface area contributed by atoms with E-state index < -0.39 is 10.0 Å². The zero-order valence-electron chi connectivity index (χ0n) is 12.6. The van der Waals surface area contributed by atoms with E-state index in [-0.39, 0.29) is 17.5 Å². The molecule has 1 saturated carbocycles. The summed E-state index contributed by atoms with van der Waals surface area (Å²) in [5.41, 5.74) is 6.34. The Hall–Kier alpha value is -1.11. The Morgan fingerprint density at radius 1 is 1.33 bits per heavy atom. The van der Waals surface area contributed by atoms with Gasteiger partial charge in [-0.2, -0.15) is 0 Å². The standard InChI is InChI=1S/C15H24N2O3S/c1-11-5-3-4-6-14(11)17-21(18,19)13-7-8-15(20-2)12(9-13)10-16/h7-9,11,14,17H,3-6,10,16H2,1-2H3. The highest BCUT2D eigenvalue weighted by Gasteiger charge is 2.27. The average Bonchev–Trinajstić information content (AvgIpc) is 2.48. The van der Waals surface area contributed by atoms with Gasteiger partial charge in [0.05, 0.1) is 12.0 Å². The molecule has 2 unspecified atom stereocenters. The summed E-state index contributed by atoms with van der Waals surface area (Å²) in [5, 5.41) is 0. The third-order valence-electron chi connectivity index (χ3n) is 4.20. The fourth-order valence-corrected chi connectivity index (χ4v) is 4.27. The molecule has 3 N–H and O–H groups in total. The fraction of sp³-hybridized carbons (Fsp3) is 0.600. The number of benzene rings is 1. The van der Waals surface area contributed by atoms with E-state index in [0.29, 0.717) is 17.2 Å². The van der Waals surface area contributed by atoms with E-state index in [1.165, 1.54) is 6.42 Å². The number of ether oxygens (including phenoxy) is 1. The Bertz CT molecular complexity index is 587. The van der Waals surface area contributed by atoms with Gasteiger partial charge >= 0.3 is 0 Å². The molecule has 0 saturated heterocycles. The molecule has 0 aliphatic heterocycles. The normalized spacial score (nSPS) is 23.0. The summed E-state index contributed by atoms with van der Waals surface area (Å²) < 4.78 is 33.1. The van der Waals surface area contributed by atoms with Crippen LogP contribution in [0.4, 0.5) is 0 Å². The molecule has 1 aliphatic rings. The van der Waals surface area contributed by atoms with E-state index >= 15 is 0 Å². The summed E-state index contributed by atoms with van der Waals surface area (Å²) in [4.78, 5) is 0.251.